The van der Waals surface area contributed by atoms with Crippen LogP contribution in [0.5, 0.6) is 0 Å². The van der Waals surface area contributed by atoms with Gasteiger partial charge in [-0.05, 0) is 62.5 Å². The third kappa shape index (κ3) is 2.95. The summed E-state index contributed by atoms with van der Waals surface area (Å²) in [5.74, 6) is -0.299. The van der Waals surface area contributed by atoms with E-state index in [9.17, 15) is 9.59 Å². The van der Waals surface area contributed by atoms with Crippen LogP contribution in [-0.2, 0) is 6.42 Å². The van der Waals surface area contributed by atoms with Crippen molar-refractivity contribution in [2.75, 3.05) is 20.1 Å². The Morgan fingerprint density at radius 3 is 2.35 bits per heavy atom. The Labute approximate surface area is 154 Å². The van der Waals surface area contributed by atoms with E-state index >= 15 is 0 Å². The van der Waals surface area contributed by atoms with Crippen molar-refractivity contribution >= 4 is 11.8 Å². The van der Waals surface area contributed by atoms with E-state index in [-0.39, 0.29) is 11.8 Å². The molecule has 0 N–H and O–H groups in total. The summed E-state index contributed by atoms with van der Waals surface area (Å²) >= 11 is 0. The van der Waals surface area contributed by atoms with E-state index in [1.165, 1.54) is 22.4 Å². The van der Waals surface area contributed by atoms with Gasteiger partial charge in [0.15, 0.2) is 0 Å². The van der Waals surface area contributed by atoms with Gasteiger partial charge in [0, 0.05) is 12.6 Å². The number of fused-ring (bicyclic) bond motifs is 2. The Hall–Kier alpha value is -2.46. The summed E-state index contributed by atoms with van der Waals surface area (Å²) in [5.41, 5.74) is 4.00. The average Bonchev–Trinajstić information content (AvgIpc) is 3.20. The minimum Gasteiger partial charge on any atom is -0.299 e. The van der Waals surface area contributed by atoms with E-state index in [2.05, 4.69) is 36.2 Å². The molecule has 2 aromatic rings. The van der Waals surface area contributed by atoms with Gasteiger partial charge in [0.1, 0.15) is 0 Å². The van der Waals surface area contributed by atoms with Crippen molar-refractivity contribution in [3.8, 4) is 0 Å². The van der Waals surface area contributed by atoms with Crippen LogP contribution in [0.4, 0.5) is 0 Å². The standard InChI is InChI=1S/C22H24N2O2/c1-23(20-13-12-16-8-2-3-9-17(16)20)14-6-7-15-24-21(25)18-10-4-5-11-19(18)22(24)26/h2-5,8-11,20H,6-7,12-15H2,1H3/t20-/m1/s1. The smallest absolute Gasteiger partial charge is 0.261 e. The lowest BCUT2D eigenvalue weighted by Crippen LogP contribution is -2.31. The molecule has 4 nitrogen and oxygen atoms in total. The number of unbranched alkanes of at least 4 members (excludes halogenated alkanes) is 1. The first-order valence-electron chi connectivity index (χ1n) is 9.40. The first-order chi connectivity index (χ1) is 12.7. The minimum atomic E-state index is -0.149. The lowest BCUT2D eigenvalue weighted by atomic mass is 10.1. The van der Waals surface area contributed by atoms with E-state index in [1.54, 1.807) is 12.1 Å². The molecule has 0 spiro atoms. The number of aryl methyl sites for hydroxylation is 1. The third-order valence-corrected chi connectivity index (χ3v) is 5.65. The minimum absolute atomic E-state index is 0.149. The maximum atomic E-state index is 12.4. The zero-order valence-electron chi connectivity index (χ0n) is 15.1. The van der Waals surface area contributed by atoms with Crippen molar-refractivity contribution < 1.29 is 9.59 Å². The molecule has 2 aromatic carbocycles. The van der Waals surface area contributed by atoms with Crippen molar-refractivity contribution in [3.63, 3.8) is 0 Å². The Balaban J connectivity index is 1.29. The fraction of sp³-hybridized carbons (Fsp3) is 0.364. The topological polar surface area (TPSA) is 40.6 Å². The molecule has 0 unspecified atom stereocenters. The molecule has 4 rings (SSSR count). The van der Waals surface area contributed by atoms with Gasteiger partial charge < -0.3 is 0 Å². The lowest BCUT2D eigenvalue weighted by Gasteiger charge is -2.25. The summed E-state index contributed by atoms with van der Waals surface area (Å²) in [6.45, 7) is 1.48. The van der Waals surface area contributed by atoms with Crippen LogP contribution in [0.2, 0.25) is 0 Å². The molecule has 0 bridgehead atoms. The van der Waals surface area contributed by atoms with E-state index in [0.29, 0.717) is 23.7 Å². The zero-order chi connectivity index (χ0) is 18.1. The fourth-order valence-corrected chi connectivity index (χ4v) is 4.22. The zero-order valence-corrected chi connectivity index (χ0v) is 15.1. The number of benzene rings is 2. The Morgan fingerprint density at radius 1 is 0.962 bits per heavy atom. The molecule has 0 saturated heterocycles. The largest absolute Gasteiger partial charge is 0.299 e. The molecule has 4 heteroatoms. The summed E-state index contributed by atoms with van der Waals surface area (Å²) in [6.07, 6.45) is 4.14. The summed E-state index contributed by atoms with van der Waals surface area (Å²) in [4.78, 5) is 28.6. The van der Waals surface area contributed by atoms with Crippen molar-refractivity contribution in [1.82, 2.24) is 9.80 Å². The molecule has 134 valence electrons. The number of rotatable bonds is 6. The monoisotopic (exact) mass is 348 g/mol. The van der Waals surface area contributed by atoms with Gasteiger partial charge in [0.05, 0.1) is 11.1 Å². The first kappa shape index (κ1) is 17.0. The van der Waals surface area contributed by atoms with Gasteiger partial charge in [-0.1, -0.05) is 36.4 Å². The van der Waals surface area contributed by atoms with Crippen molar-refractivity contribution in [1.29, 1.82) is 0 Å². The highest BCUT2D eigenvalue weighted by Gasteiger charge is 2.34. The van der Waals surface area contributed by atoms with Gasteiger partial charge in [-0.25, -0.2) is 0 Å². The number of imide groups is 1. The highest BCUT2D eigenvalue weighted by Crippen LogP contribution is 2.34. The molecule has 1 atom stereocenters. The maximum absolute atomic E-state index is 12.4. The number of hydrogen-bond acceptors (Lipinski definition) is 3. The Bertz CT molecular complexity index is 811. The van der Waals surface area contributed by atoms with Gasteiger partial charge >= 0.3 is 0 Å². The summed E-state index contributed by atoms with van der Waals surface area (Å²) in [7, 11) is 2.18. The van der Waals surface area contributed by atoms with Crippen LogP contribution in [0.1, 0.15) is 57.1 Å². The number of nitrogens with zero attached hydrogens (tertiary/aromatic N) is 2. The molecule has 0 fully saturated rings. The summed E-state index contributed by atoms with van der Waals surface area (Å²) in [6, 6.07) is 16.3. The van der Waals surface area contributed by atoms with Gasteiger partial charge in [0.2, 0.25) is 0 Å². The Morgan fingerprint density at radius 2 is 1.62 bits per heavy atom. The molecule has 1 heterocycles. The predicted molar refractivity (Wildman–Crippen MR) is 101 cm³/mol. The van der Waals surface area contributed by atoms with Crippen LogP contribution < -0.4 is 0 Å². The second-order valence-corrected chi connectivity index (χ2v) is 7.25. The number of carbonyl (C=O) groups excluding carboxylic acids is 2. The van der Waals surface area contributed by atoms with Crippen LogP contribution in [-0.4, -0.2) is 41.8 Å². The van der Waals surface area contributed by atoms with Crippen LogP contribution in [0.25, 0.3) is 0 Å². The molecular weight excluding hydrogens is 324 g/mol. The SMILES string of the molecule is CN(CCCCN1C(=O)c2ccccc2C1=O)[C@@H]1CCc2ccccc21. The van der Waals surface area contributed by atoms with Gasteiger partial charge in [-0.3, -0.25) is 19.4 Å². The van der Waals surface area contributed by atoms with E-state index < -0.39 is 0 Å². The Kier molecular flexibility index (Phi) is 4.60. The summed E-state index contributed by atoms with van der Waals surface area (Å²) in [5, 5.41) is 0. The molecule has 26 heavy (non-hydrogen) atoms. The molecule has 0 saturated carbocycles. The molecular formula is C22H24N2O2. The lowest BCUT2D eigenvalue weighted by molar-refractivity contribution is 0.0650. The molecule has 2 aliphatic rings. The molecule has 0 radical (unpaired) electrons. The van der Waals surface area contributed by atoms with E-state index in [1.807, 2.05) is 12.1 Å². The van der Waals surface area contributed by atoms with E-state index in [0.717, 1.165) is 25.8 Å². The van der Waals surface area contributed by atoms with Gasteiger partial charge in [0.25, 0.3) is 11.8 Å². The molecule has 1 aliphatic carbocycles. The molecule has 0 aromatic heterocycles. The van der Waals surface area contributed by atoms with Crippen molar-refractivity contribution in [3.05, 3.63) is 70.8 Å². The molecule has 1 aliphatic heterocycles. The molecule has 2 amide bonds. The first-order valence-corrected chi connectivity index (χ1v) is 9.40. The third-order valence-electron chi connectivity index (χ3n) is 5.65. The second-order valence-electron chi connectivity index (χ2n) is 7.25. The quantitative estimate of drug-likeness (QED) is 0.591. The normalized spacial score (nSPS) is 18.5. The highest BCUT2D eigenvalue weighted by atomic mass is 16.2. The number of carbonyl (C=O) groups is 2. The number of amides is 2. The van der Waals surface area contributed by atoms with E-state index in [4.69, 9.17) is 0 Å². The highest BCUT2D eigenvalue weighted by molar-refractivity contribution is 6.21. The van der Waals surface area contributed by atoms with Crippen LogP contribution in [0, 0.1) is 0 Å². The van der Waals surface area contributed by atoms with Gasteiger partial charge in [-0.2, -0.15) is 0 Å². The van der Waals surface area contributed by atoms with Crippen LogP contribution >= 0.6 is 0 Å². The maximum Gasteiger partial charge on any atom is 0.261 e. The summed E-state index contributed by atoms with van der Waals surface area (Å²) < 4.78 is 0. The predicted octanol–water partition coefficient (Wildman–Crippen LogP) is 3.68. The van der Waals surface area contributed by atoms with Crippen molar-refractivity contribution in [2.24, 2.45) is 0 Å². The van der Waals surface area contributed by atoms with Crippen molar-refractivity contribution in [2.45, 2.75) is 31.7 Å². The second kappa shape index (κ2) is 7.04. The fourth-order valence-electron chi connectivity index (χ4n) is 4.22. The van der Waals surface area contributed by atoms with Crippen LogP contribution in [0.3, 0.4) is 0 Å². The van der Waals surface area contributed by atoms with Gasteiger partial charge in [-0.15, -0.1) is 0 Å². The van der Waals surface area contributed by atoms with Crippen LogP contribution in [0.15, 0.2) is 48.5 Å². The number of hydrogen-bond donors (Lipinski definition) is 0. The average molecular weight is 348 g/mol.